The molecule has 0 aliphatic carbocycles. The summed E-state index contributed by atoms with van der Waals surface area (Å²) in [6.45, 7) is -0.192. The Morgan fingerprint density at radius 2 is 2.00 bits per heavy atom. The minimum absolute atomic E-state index is 0.0314. The maximum absolute atomic E-state index is 11.5. The molecule has 2 rings (SSSR count). The molecule has 1 aliphatic heterocycles. The molecule has 1 aromatic rings. The molecule has 1 saturated heterocycles. The summed E-state index contributed by atoms with van der Waals surface area (Å²) in [5.74, 6) is -1.72. The van der Waals surface area contributed by atoms with Crippen LogP contribution in [-0.2, 0) is 26.3 Å². The first-order valence-electron chi connectivity index (χ1n) is 5.67. The van der Waals surface area contributed by atoms with E-state index in [0.717, 1.165) is 4.31 Å². The van der Waals surface area contributed by atoms with Crippen LogP contribution in [0.4, 0.5) is 0 Å². The first-order valence-corrected chi connectivity index (χ1v) is 7.11. The minimum Gasteiger partial charge on any atom is -0.480 e. The minimum atomic E-state index is -3.76. The van der Waals surface area contributed by atoms with Gasteiger partial charge in [0.05, 0.1) is 6.54 Å². The van der Waals surface area contributed by atoms with Gasteiger partial charge >= 0.3 is 16.2 Å². The molecule has 1 heterocycles. The lowest BCUT2D eigenvalue weighted by atomic mass is 10.1. The molecule has 1 aliphatic rings. The highest BCUT2D eigenvalue weighted by Crippen LogP contribution is 2.16. The molecule has 0 spiro atoms. The Hall–Kier alpha value is -1.97. The van der Waals surface area contributed by atoms with Crippen LogP contribution in [0.1, 0.15) is 17.2 Å². The molecule has 0 aromatic heterocycles. The van der Waals surface area contributed by atoms with Gasteiger partial charge in [-0.1, -0.05) is 24.3 Å². The summed E-state index contributed by atoms with van der Waals surface area (Å²) in [6.07, 6.45) is 0. The van der Waals surface area contributed by atoms with E-state index in [1.54, 1.807) is 12.1 Å². The van der Waals surface area contributed by atoms with Gasteiger partial charge in [-0.2, -0.15) is 12.7 Å². The highest BCUT2D eigenvalue weighted by atomic mass is 32.2. The maximum atomic E-state index is 11.5. The zero-order valence-corrected chi connectivity index (χ0v) is 11.1. The van der Waals surface area contributed by atoms with Gasteiger partial charge in [-0.3, -0.25) is 9.59 Å². The number of aliphatic carboxylic acids is 1. The highest BCUT2D eigenvalue weighted by Gasteiger charge is 2.33. The van der Waals surface area contributed by atoms with Crippen LogP contribution in [0.25, 0.3) is 0 Å². The molecule has 1 unspecified atom stereocenters. The van der Waals surface area contributed by atoms with Crippen LogP contribution >= 0.6 is 0 Å². The Balaban J connectivity index is 2.12. The van der Waals surface area contributed by atoms with E-state index in [0.29, 0.717) is 11.1 Å². The van der Waals surface area contributed by atoms with Crippen molar-refractivity contribution in [1.29, 1.82) is 0 Å². The van der Waals surface area contributed by atoms with E-state index in [1.165, 1.54) is 12.1 Å². The largest absolute Gasteiger partial charge is 0.480 e. The van der Waals surface area contributed by atoms with Crippen molar-refractivity contribution in [3.8, 4) is 0 Å². The van der Waals surface area contributed by atoms with Gasteiger partial charge in [-0.25, -0.2) is 4.72 Å². The van der Waals surface area contributed by atoms with Gasteiger partial charge < -0.3 is 10.8 Å². The predicted molar refractivity (Wildman–Crippen MR) is 68.5 cm³/mol. The molecule has 1 amide bonds. The number of carboxylic acid groups (broad SMARTS) is 1. The molecule has 1 atom stereocenters. The second-order valence-electron chi connectivity index (χ2n) is 4.36. The van der Waals surface area contributed by atoms with Crippen LogP contribution in [0.5, 0.6) is 0 Å². The van der Waals surface area contributed by atoms with Crippen molar-refractivity contribution >= 4 is 22.1 Å². The number of carboxylic acids is 1. The van der Waals surface area contributed by atoms with Gasteiger partial charge in [-0.15, -0.1) is 0 Å². The number of benzene rings is 1. The van der Waals surface area contributed by atoms with E-state index < -0.39 is 28.1 Å². The Morgan fingerprint density at radius 3 is 2.45 bits per heavy atom. The van der Waals surface area contributed by atoms with Crippen LogP contribution in [0, 0.1) is 0 Å². The van der Waals surface area contributed by atoms with Gasteiger partial charge in [0.25, 0.3) is 0 Å². The highest BCUT2D eigenvalue weighted by molar-refractivity contribution is 7.88. The van der Waals surface area contributed by atoms with Crippen molar-refractivity contribution < 1.29 is 23.1 Å². The third kappa shape index (κ3) is 2.95. The lowest BCUT2D eigenvalue weighted by Gasteiger charge is -2.13. The number of rotatable bonds is 4. The number of hydrogen-bond acceptors (Lipinski definition) is 5. The first-order chi connectivity index (χ1) is 9.29. The molecule has 9 heteroatoms. The average molecular weight is 299 g/mol. The number of carbonyl (C=O) groups excluding carboxylic acids is 1. The van der Waals surface area contributed by atoms with Gasteiger partial charge in [0, 0.05) is 6.54 Å². The smallest absolute Gasteiger partial charge is 0.325 e. The molecule has 4 N–H and O–H groups in total. The monoisotopic (exact) mass is 299 g/mol. The van der Waals surface area contributed by atoms with Gasteiger partial charge in [-0.05, 0) is 11.1 Å². The molecule has 0 radical (unpaired) electrons. The van der Waals surface area contributed by atoms with E-state index >= 15 is 0 Å². The zero-order chi connectivity index (χ0) is 14.9. The fraction of sp³-hybridized carbons (Fsp3) is 0.273. The van der Waals surface area contributed by atoms with Crippen LogP contribution in [0.2, 0.25) is 0 Å². The van der Waals surface area contributed by atoms with Crippen LogP contribution in [0.3, 0.4) is 0 Å². The number of hydrogen-bond donors (Lipinski definition) is 3. The van der Waals surface area contributed by atoms with E-state index in [2.05, 4.69) is 0 Å². The summed E-state index contributed by atoms with van der Waals surface area (Å²) < 4.78 is 25.9. The maximum Gasteiger partial charge on any atom is 0.325 e. The third-order valence-corrected chi connectivity index (χ3v) is 4.29. The third-order valence-electron chi connectivity index (χ3n) is 2.87. The molecule has 0 saturated carbocycles. The van der Waals surface area contributed by atoms with Gasteiger partial charge in [0.1, 0.15) is 6.04 Å². The van der Waals surface area contributed by atoms with Crippen molar-refractivity contribution in [1.82, 2.24) is 9.03 Å². The van der Waals surface area contributed by atoms with Crippen LogP contribution in [0.15, 0.2) is 24.3 Å². The fourth-order valence-corrected chi connectivity index (χ4v) is 2.89. The molecule has 20 heavy (non-hydrogen) atoms. The Kier molecular flexibility index (Phi) is 3.75. The van der Waals surface area contributed by atoms with Crippen LogP contribution < -0.4 is 10.5 Å². The number of nitrogens with one attached hydrogen (secondary N) is 1. The molecule has 8 nitrogen and oxygen atoms in total. The van der Waals surface area contributed by atoms with Crippen LogP contribution in [-0.4, -0.2) is 36.3 Å². The van der Waals surface area contributed by atoms with Crippen molar-refractivity contribution in [2.24, 2.45) is 5.73 Å². The fourth-order valence-electron chi connectivity index (χ4n) is 1.80. The predicted octanol–water partition coefficient (Wildman–Crippen LogP) is -1.05. The lowest BCUT2D eigenvalue weighted by Crippen LogP contribution is -2.29. The van der Waals surface area contributed by atoms with Gasteiger partial charge in [0.2, 0.25) is 5.91 Å². The molecule has 0 bridgehead atoms. The molecular weight excluding hydrogens is 286 g/mol. The average Bonchev–Trinajstić information content (AvgIpc) is 2.62. The molecule has 1 fully saturated rings. The summed E-state index contributed by atoms with van der Waals surface area (Å²) >= 11 is 0. The van der Waals surface area contributed by atoms with E-state index in [1.807, 2.05) is 4.72 Å². The topological polar surface area (TPSA) is 130 Å². The van der Waals surface area contributed by atoms with Crippen molar-refractivity contribution in [2.75, 3.05) is 6.54 Å². The number of carbonyl (C=O) groups is 2. The second kappa shape index (κ2) is 5.19. The lowest BCUT2D eigenvalue weighted by molar-refractivity contribution is -0.138. The Morgan fingerprint density at radius 1 is 1.40 bits per heavy atom. The molecular formula is C11H13N3O5S. The van der Waals surface area contributed by atoms with E-state index in [-0.39, 0.29) is 13.1 Å². The van der Waals surface area contributed by atoms with E-state index in [9.17, 15) is 18.0 Å². The normalized spacial score (nSPS) is 19.6. The van der Waals surface area contributed by atoms with Crippen molar-refractivity contribution in [3.05, 3.63) is 35.4 Å². The number of nitrogens with zero attached hydrogens (tertiary/aromatic N) is 1. The Bertz CT molecular complexity index is 641. The second-order valence-corrected chi connectivity index (χ2v) is 6.03. The summed E-state index contributed by atoms with van der Waals surface area (Å²) in [7, 11) is -3.76. The SMILES string of the molecule is NC(C(=O)O)c1ccc(CN2CC(=O)NS2(=O)=O)cc1. The summed E-state index contributed by atoms with van der Waals surface area (Å²) in [6, 6.07) is 5.08. The number of nitrogens with two attached hydrogens (primary N) is 1. The van der Waals surface area contributed by atoms with Crippen molar-refractivity contribution in [2.45, 2.75) is 12.6 Å². The quantitative estimate of drug-likeness (QED) is 0.650. The summed E-state index contributed by atoms with van der Waals surface area (Å²) in [5.41, 5.74) is 6.50. The van der Waals surface area contributed by atoms with Crippen molar-refractivity contribution in [3.63, 3.8) is 0 Å². The first kappa shape index (κ1) is 14.4. The molecule has 108 valence electrons. The van der Waals surface area contributed by atoms with Gasteiger partial charge in [0.15, 0.2) is 0 Å². The number of amides is 1. The standard InChI is InChI=1S/C11H13N3O5S/c12-10(11(16)17)8-3-1-7(2-4-8)5-14-6-9(15)13-20(14,18)19/h1-4,10H,5-6,12H2,(H,13,15)(H,16,17). The summed E-state index contributed by atoms with van der Waals surface area (Å²) in [4.78, 5) is 21.8. The Labute approximate surface area is 115 Å². The zero-order valence-electron chi connectivity index (χ0n) is 10.3. The molecule has 1 aromatic carbocycles. The van der Waals surface area contributed by atoms with E-state index in [4.69, 9.17) is 10.8 Å². The summed E-state index contributed by atoms with van der Waals surface area (Å²) in [5, 5.41) is 8.77.